The molecule has 1 aromatic rings. The van der Waals surface area contributed by atoms with Crippen LogP contribution in [0.25, 0.3) is 0 Å². The van der Waals surface area contributed by atoms with Crippen LogP contribution in [0.3, 0.4) is 0 Å². The van der Waals surface area contributed by atoms with Crippen LogP contribution in [0, 0.1) is 0 Å². The van der Waals surface area contributed by atoms with Gasteiger partial charge in [0.25, 0.3) is 0 Å². The van der Waals surface area contributed by atoms with E-state index < -0.39 is 0 Å². The zero-order chi connectivity index (χ0) is 12.3. The number of rotatable bonds is 5. The van der Waals surface area contributed by atoms with Gasteiger partial charge in [-0.1, -0.05) is 12.1 Å². The molecule has 1 saturated carbocycles. The minimum atomic E-state index is -0.0320. The Morgan fingerprint density at radius 1 is 1.35 bits per heavy atom. The van der Waals surface area contributed by atoms with Crippen molar-refractivity contribution < 1.29 is 9.47 Å². The van der Waals surface area contributed by atoms with Crippen molar-refractivity contribution in [3.63, 3.8) is 0 Å². The summed E-state index contributed by atoms with van der Waals surface area (Å²) in [6.07, 6.45) is 3.95. The van der Waals surface area contributed by atoms with Crippen molar-refractivity contribution in [3.05, 3.63) is 29.8 Å². The fraction of sp³-hybridized carbons (Fsp3) is 0.571. The smallest absolute Gasteiger partial charge is 0.119 e. The Morgan fingerprint density at radius 2 is 2.12 bits per heavy atom. The van der Waals surface area contributed by atoms with Crippen LogP contribution in [0.5, 0.6) is 5.75 Å². The minimum absolute atomic E-state index is 0.0114. The maximum Gasteiger partial charge on any atom is 0.119 e. The molecule has 2 atom stereocenters. The van der Waals surface area contributed by atoms with E-state index in [2.05, 4.69) is 6.07 Å². The van der Waals surface area contributed by atoms with Gasteiger partial charge in [0.05, 0.1) is 19.3 Å². The Balaban J connectivity index is 2.12. The molecule has 0 radical (unpaired) electrons. The zero-order valence-electron chi connectivity index (χ0n) is 10.6. The molecule has 0 heterocycles. The van der Waals surface area contributed by atoms with Gasteiger partial charge in [-0.25, -0.2) is 0 Å². The summed E-state index contributed by atoms with van der Waals surface area (Å²) >= 11 is 0. The number of methoxy groups -OCH3 is 1. The number of hydrogen-bond acceptors (Lipinski definition) is 3. The van der Waals surface area contributed by atoms with Crippen LogP contribution >= 0.6 is 0 Å². The number of benzene rings is 1. The molecule has 0 saturated heterocycles. The third kappa shape index (κ3) is 2.99. The van der Waals surface area contributed by atoms with E-state index in [1.165, 1.54) is 6.42 Å². The fourth-order valence-electron chi connectivity index (χ4n) is 2.04. The monoisotopic (exact) mass is 235 g/mol. The van der Waals surface area contributed by atoms with Gasteiger partial charge in [0.2, 0.25) is 0 Å². The van der Waals surface area contributed by atoms with Crippen LogP contribution in [-0.2, 0) is 4.74 Å². The highest BCUT2D eigenvalue weighted by molar-refractivity contribution is 5.30. The second kappa shape index (κ2) is 5.52. The summed E-state index contributed by atoms with van der Waals surface area (Å²) in [7, 11) is 1.67. The largest absolute Gasteiger partial charge is 0.497 e. The molecule has 3 heteroatoms. The van der Waals surface area contributed by atoms with Crippen LogP contribution in [-0.4, -0.2) is 19.3 Å². The van der Waals surface area contributed by atoms with Crippen molar-refractivity contribution in [1.29, 1.82) is 0 Å². The maximum atomic E-state index is 6.05. The number of nitrogens with two attached hydrogens (primary N) is 1. The minimum Gasteiger partial charge on any atom is -0.497 e. The van der Waals surface area contributed by atoms with Gasteiger partial charge in [-0.05, 0) is 43.9 Å². The Labute approximate surface area is 103 Å². The van der Waals surface area contributed by atoms with E-state index in [0.29, 0.717) is 6.10 Å². The first-order chi connectivity index (χ1) is 8.20. The van der Waals surface area contributed by atoms with E-state index in [1.807, 2.05) is 25.1 Å². The number of hydrogen-bond donors (Lipinski definition) is 1. The molecule has 2 rings (SSSR count). The van der Waals surface area contributed by atoms with Crippen molar-refractivity contribution in [2.75, 3.05) is 7.11 Å². The molecule has 94 valence electrons. The first-order valence-electron chi connectivity index (χ1n) is 6.25. The lowest BCUT2D eigenvalue weighted by Crippen LogP contribution is -2.33. The molecule has 17 heavy (non-hydrogen) atoms. The van der Waals surface area contributed by atoms with Crippen LogP contribution in [0.2, 0.25) is 0 Å². The molecule has 0 aromatic heterocycles. The average Bonchev–Trinajstić information content (AvgIpc) is 2.27. The average molecular weight is 235 g/mol. The Kier molecular flexibility index (Phi) is 4.02. The van der Waals surface area contributed by atoms with Crippen molar-refractivity contribution in [1.82, 2.24) is 0 Å². The van der Waals surface area contributed by atoms with E-state index in [0.717, 1.165) is 24.2 Å². The van der Waals surface area contributed by atoms with E-state index in [9.17, 15) is 0 Å². The third-order valence-electron chi connectivity index (χ3n) is 3.29. The normalized spacial score (nSPS) is 19.5. The summed E-state index contributed by atoms with van der Waals surface area (Å²) in [6.45, 7) is 1.99. The van der Waals surface area contributed by atoms with Gasteiger partial charge in [0, 0.05) is 6.04 Å². The Bertz CT molecular complexity index is 361. The topological polar surface area (TPSA) is 44.5 Å². The summed E-state index contributed by atoms with van der Waals surface area (Å²) in [5.74, 6) is 0.852. The molecule has 0 bridgehead atoms. The highest BCUT2D eigenvalue weighted by Crippen LogP contribution is 2.31. The van der Waals surface area contributed by atoms with Gasteiger partial charge < -0.3 is 15.2 Å². The highest BCUT2D eigenvalue weighted by atomic mass is 16.5. The van der Waals surface area contributed by atoms with Crippen molar-refractivity contribution in [3.8, 4) is 5.75 Å². The predicted octanol–water partition coefficient (Wildman–Crippen LogP) is 2.65. The first-order valence-corrected chi connectivity index (χ1v) is 6.25. The van der Waals surface area contributed by atoms with Gasteiger partial charge in [0.1, 0.15) is 5.75 Å². The fourth-order valence-corrected chi connectivity index (χ4v) is 2.04. The van der Waals surface area contributed by atoms with E-state index in [-0.39, 0.29) is 12.1 Å². The Hall–Kier alpha value is -1.06. The number of ether oxygens (including phenoxy) is 2. The summed E-state index contributed by atoms with van der Waals surface area (Å²) in [5.41, 5.74) is 7.12. The second-order valence-electron chi connectivity index (χ2n) is 4.75. The second-order valence-corrected chi connectivity index (χ2v) is 4.75. The molecule has 1 aliphatic carbocycles. The zero-order valence-corrected chi connectivity index (χ0v) is 10.6. The van der Waals surface area contributed by atoms with Gasteiger partial charge in [0.15, 0.2) is 0 Å². The van der Waals surface area contributed by atoms with E-state index >= 15 is 0 Å². The van der Waals surface area contributed by atoms with Crippen LogP contribution in [0.1, 0.15) is 37.9 Å². The SMILES string of the molecule is COc1cccc(C(OC2CCC2)C(C)N)c1. The molecule has 0 aliphatic heterocycles. The van der Waals surface area contributed by atoms with Gasteiger partial charge in [-0.15, -0.1) is 0 Å². The molecule has 0 amide bonds. The van der Waals surface area contributed by atoms with Crippen LogP contribution in [0.15, 0.2) is 24.3 Å². The summed E-state index contributed by atoms with van der Waals surface area (Å²) < 4.78 is 11.3. The van der Waals surface area contributed by atoms with Gasteiger partial charge in [-0.3, -0.25) is 0 Å². The van der Waals surface area contributed by atoms with Crippen molar-refractivity contribution >= 4 is 0 Å². The first kappa shape index (κ1) is 12.4. The van der Waals surface area contributed by atoms with Gasteiger partial charge in [-0.2, -0.15) is 0 Å². The van der Waals surface area contributed by atoms with Crippen LogP contribution in [0.4, 0.5) is 0 Å². The Morgan fingerprint density at radius 3 is 2.65 bits per heavy atom. The molecule has 0 spiro atoms. The van der Waals surface area contributed by atoms with E-state index in [1.54, 1.807) is 7.11 Å². The molecule has 3 nitrogen and oxygen atoms in total. The standard InChI is InChI=1S/C14H21NO2/c1-10(15)14(17-12-6-4-7-12)11-5-3-8-13(9-11)16-2/h3,5,8-10,12,14H,4,6-7,15H2,1-2H3. The molecule has 1 fully saturated rings. The van der Waals surface area contributed by atoms with Crippen molar-refractivity contribution in [2.24, 2.45) is 5.73 Å². The predicted molar refractivity (Wildman–Crippen MR) is 68.1 cm³/mol. The lowest BCUT2D eigenvalue weighted by atomic mass is 9.95. The summed E-state index contributed by atoms with van der Waals surface area (Å²) in [4.78, 5) is 0. The lowest BCUT2D eigenvalue weighted by molar-refractivity contribution is -0.0611. The summed E-state index contributed by atoms with van der Waals surface area (Å²) in [6, 6.07) is 7.96. The molecule has 2 unspecified atom stereocenters. The molecule has 2 N–H and O–H groups in total. The van der Waals surface area contributed by atoms with Gasteiger partial charge >= 0.3 is 0 Å². The van der Waals surface area contributed by atoms with Crippen molar-refractivity contribution in [2.45, 2.75) is 44.4 Å². The maximum absolute atomic E-state index is 6.05. The quantitative estimate of drug-likeness (QED) is 0.853. The molecule has 1 aromatic carbocycles. The summed E-state index contributed by atoms with van der Waals surface area (Å²) in [5, 5.41) is 0. The van der Waals surface area contributed by atoms with E-state index in [4.69, 9.17) is 15.2 Å². The lowest BCUT2D eigenvalue weighted by Gasteiger charge is -2.32. The molecular weight excluding hydrogens is 214 g/mol. The molecular formula is C14H21NO2. The molecule has 1 aliphatic rings. The third-order valence-corrected chi connectivity index (χ3v) is 3.29. The van der Waals surface area contributed by atoms with Crippen LogP contribution < -0.4 is 10.5 Å². The highest BCUT2D eigenvalue weighted by Gasteiger charge is 2.26.